The molecular weight excluding hydrogens is 451 g/mol. The average molecular weight is 483 g/mol. The van der Waals surface area contributed by atoms with Crippen LogP contribution in [0.4, 0.5) is 0 Å². The number of carbonyl (C=O) groups excluding carboxylic acids is 1. The molecule has 0 amide bonds. The van der Waals surface area contributed by atoms with E-state index in [1.165, 1.54) is 5.56 Å². The fourth-order valence-electron chi connectivity index (χ4n) is 3.93. The van der Waals surface area contributed by atoms with Crippen molar-refractivity contribution in [3.63, 3.8) is 0 Å². The molecule has 3 nitrogen and oxygen atoms in total. The first-order valence-corrected chi connectivity index (χ1v) is 12.7. The van der Waals surface area contributed by atoms with E-state index in [9.17, 15) is 4.79 Å². The van der Waals surface area contributed by atoms with Gasteiger partial charge >= 0.3 is 0 Å². The van der Waals surface area contributed by atoms with Crippen LogP contribution in [0, 0.1) is 13.8 Å². The highest BCUT2D eigenvalue weighted by Crippen LogP contribution is 2.34. The first-order valence-electron chi connectivity index (χ1n) is 11.7. The third-order valence-corrected chi connectivity index (χ3v) is 6.94. The van der Waals surface area contributed by atoms with Gasteiger partial charge in [0.25, 0.3) is 0 Å². The van der Waals surface area contributed by atoms with Gasteiger partial charge in [0.2, 0.25) is 0 Å². The predicted octanol–water partition coefficient (Wildman–Crippen LogP) is 8.33. The maximum Gasteiger partial charge on any atom is 0.186 e. The predicted molar refractivity (Wildman–Crippen MR) is 146 cm³/mol. The summed E-state index contributed by atoms with van der Waals surface area (Å²) in [6.45, 7) is 10.6. The minimum atomic E-state index is -0.0727. The lowest BCUT2D eigenvalue weighted by atomic mass is 9.84. The summed E-state index contributed by atoms with van der Waals surface area (Å²) in [6, 6.07) is 29.2. The van der Waals surface area contributed by atoms with Gasteiger partial charge in [-0.1, -0.05) is 69.3 Å². The van der Waals surface area contributed by atoms with Gasteiger partial charge in [-0.3, -0.25) is 4.79 Å². The fraction of sp³-hybridized carbons (Fsp3) is 0.194. The number of carbonyl (C=O) groups is 1. The van der Waals surface area contributed by atoms with Crippen molar-refractivity contribution in [3.05, 3.63) is 113 Å². The zero-order valence-electron chi connectivity index (χ0n) is 20.9. The number of hydrogen-bond acceptors (Lipinski definition) is 3. The molecule has 0 spiro atoms. The van der Waals surface area contributed by atoms with Gasteiger partial charge in [-0.2, -0.15) is 0 Å². The molecule has 35 heavy (non-hydrogen) atoms. The average Bonchev–Trinajstić information content (AvgIpc) is 2.81. The maximum atomic E-state index is 13.5. The second-order valence-electron chi connectivity index (χ2n) is 9.68. The fourth-order valence-corrected chi connectivity index (χ4v) is 5.11. The van der Waals surface area contributed by atoms with Crippen LogP contribution in [0.25, 0.3) is 0 Å². The number of hydrogen-bond donors (Lipinski definition) is 0. The first kappa shape index (κ1) is 24.7. The Morgan fingerprint density at radius 3 is 1.77 bits per heavy atom. The maximum absolute atomic E-state index is 13.5. The summed E-state index contributed by atoms with van der Waals surface area (Å²) in [5.74, 6) is 2.74. The first-order chi connectivity index (χ1) is 16.7. The van der Waals surface area contributed by atoms with Gasteiger partial charge in [0, 0.05) is 16.9 Å². The van der Waals surface area contributed by atoms with Gasteiger partial charge in [-0.25, -0.2) is 0 Å². The summed E-state index contributed by atoms with van der Waals surface area (Å²) in [4.78, 5) is 13.5. The summed E-state index contributed by atoms with van der Waals surface area (Å²) in [5, 5.41) is 0.845. The minimum Gasteiger partial charge on any atom is -0.457 e. The van der Waals surface area contributed by atoms with Crippen LogP contribution in [-0.2, 0) is 5.41 Å². The summed E-state index contributed by atoms with van der Waals surface area (Å²) >= 11 is 0. The molecule has 0 N–H and O–H groups in total. The van der Waals surface area contributed by atoms with Crippen LogP contribution >= 0.6 is 8.58 Å². The largest absolute Gasteiger partial charge is 0.457 e. The van der Waals surface area contributed by atoms with Gasteiger partial charge in [-0.05, 0) is 80.9 Å². The summed E-state index contributed by atoms with van der Waals surface area (Å²) in [6.07, 6.45) is 0. The Balaban J connectivity index is 1.66. The van der Waals surface area contributed by atoms with Crippen molar-refractivity contribution in [2.45, 2.75) is 40.0 Å². The Hall–Kier alpha value is -3.42. The Labute approximate surface area is 209 Å². The van der Waals surface area contributed by atoms with Gasteiger partial charge in [0.15, 0.2) is 5.52 Å². The van der Waals surface area contributed by atoms with E-state index in [0.29, 0.717) is 17.2 Å². The van der Waals surface area contributed by atoms with Gasteiger partial charge in [0.05, 0.1) is 0 Å². The van der Waals surface area contributed by atoms with E-state index in [1.54, 1.807) is 0 Å². The summed E-state index contributed by atoms with van der Waals surface area (Å²) < 4.78 is 12.2. The molecule has 0 saturated heterocycles. The smallest absolute Gasteiger partial charge is 0.186 e. The van der Waals surface area contributed by atoms with Crippen LogP contribution in [0.15, 0.2) is 91.0 Å². The van der Waals surface area contributed by atoms with Gasteiger partial charge in [-0.15, -0.1) is 0 Å². The van der Waals surface area contributed by atoms with Gasteiger partial charge < -0.3 is 9.47 Å². The van der Waals surface area contributed by atoms with Crippen LogP contribution in [0.3, 0.4) is 0 Å². The van der Waals surface area contributed by atoms with E-state index in [0.717, 1.165) is 27.7 Å². The third kappa shape index (κ3) is 6.18. The molecule has 0 aliphatic carbocycles. The number of para-hydroxylation sites is 2. The Kier molecular flexibility index (Phi) is 7.38. The zero-order chi connectivity index (χ0) is 25.0. The van der Waals surface area contributed by atoms with E-state index in [1.807, 2.05) is 92.7 Å². The highest BCUT2D eigenvalue weighted by atomic mass is 31.1. The lowest BCUT2D eigenvalue weighted by molar-refractivity contribution is 0.108. The monoisotopic (exact) mass is 482 g/mol. The van der Waals surface area contributed by atoms with Crippen LogP contribution in [0.5, 0.6) is 23.0 Å². The second kappa shape index (κ2) is 10.5. The van der Waals surface area contributed by atoms with Crippen molar-refractivity contribution >= 4 is 19.4 Å². The quantitative estimate of drug-likeness (QED) is 0.248. The molecule has 4 heteroatoms. The molecule has 178 valence electrons. The van der Waals surface area contributed by atoms with E-state index in [4.69, 9.17) is 9.47 Å². The molecule has 0 saturated carbocycles. The molecule has 0 fully saturated rings. The Morgan fingerprint density at radius 2 is 1.23 bits per heavy atom. The molecule has 1 atom stereocenters. The lowest BCUT2D eigenvalue weighted by Gasteiger charge is -2.22. The molecule has 0 aliphatic rings. The van der Waals surface area contributed by atoms with Crippen LogP contribution in [0.1, 0.15) is 47.8 Å². The Morgan fingerprint density at radius 1 is 0.686 bits per heavy atom. The topological polar surface area (TPSA) is 35.5 Å². The van der Waals surface area contributed by atoms with E-state index < -0.39 is 0 Å². The van der Waals surface area contributed by atoms with Crippen molar-refractivity contribution in [2.75, 3.05) is 0 Å². The van der Waals surface area contributed by atoms with Crippen molar-refractivity contribution < 1.29 is 14.3 Å². The summed E-state index contributed by atoms with van der Waals surface area (Å²) in [7, 11) is -0.0727. The van der Waals surface area contributed by atoms with Crippen molar-refractivity contribution in [2.24, 2.45) is 0 Å². The van der Waals surface area contributed by atoms with Crippen molar-refractivity contribution in [1.29, 1.82) is 0 Å². The molecule has 0 aromatic heterocycles. The standard InChI is InChI=1S/C31H31O3P/c1-21-18-23(31(3,4)5)19-22(2)29(21)30(32)35-28-17-16-26(33-24-12-8-6-9-13-24)20-27(28)34-25-14-10-7-11-15-25/h6-20,35H,1-5H3. The van der Waals surface area contributed by atoms with Crippen molar-refractivity contribution in [1.82, 2.24) is 0 Å². The molecule has 4 rings (SSSR count). The Bertz CT molecular complexity index is 1300. The van der Waals surface area contributed by atoms with Crippen LogP contribution in [-0.4, -0.2) is 5.52 Å². The third-order valence-electron chi connectivity index (χ3n) is 5.78. The SMILES string of the molecule is Cc1cc(C(C)(C)C)cc(C)c1C(=O)Pc1ccc(Oc2ccccc2)cc1Oc1ccccc1. The molecule has 4 aromatic carbocycles. The van der Waals surface area contributed by atoms with E-state index in [2.05, 4.69) is 32.9 Å². The molecule has 0 aliphatic heterocycles. The highest BCUT2D eigenvalue weighted by molar-refractivity contribution is 7.66. The molecule has 1 unspecified atom stereocenters. The van der Waals surface area contributed by atoms with Crippen LogP contribution in [0.2, 0.25) is 0 Å². The van der Waals surface area contributed by atoms with Crippen molar-refractivity contribution in [3.8, 4) is 23.0 Å². The van der Waals surface area contributed by atoms with E-state index >= 15 is 0 Å². The molecule has 0 heterocycles. The normalized spacial score (nSPS) is 11.6. The number of benzene rings is 4. The molecule has 4 aromatic rings. The zero-order valence-corrected chi connectivity index (χ0v) is 21.9. The van der Waals surface area contributed by atoms with Crippen LogP contribution < -0.4 is 14.8 Å². The van der Waals surface area contributed by atoms with E-state index in [-0.39, 0.29) is 19.5 Å². The lowest BCUT2D eigenvalue weighted by Crippen LogP contribution is -2.14. The second-order valence-corrected chi connectivity index (χ2v) is 10.9. The molecule has 0 radical (unpaired) electrons. The molecular formula is C31H31O3P. The number of aryl methyl sites for hydroxylation is 2. The molecule has 0 bridgehead atoms. The van der Waals surface area contributed by atoms with Gasteiger partial charge in [0.1, 0.15) is 23.0 Å². The highest BCUT2D eigenvalue weighted by Gasteiger charge is 2.21. The minimum absolute atomic E-state index is 0.0324. The number of rotatable bonds is 7. The number of ether oxygens (including phenoxy) is 2. The summed E-state index contributed by atoms with van der Waals surface area (Å²) in [5.41, 5.74) is 4.21.